The molecular weight excluding hydrogens is 272 g/mol. The summed E-state index contributed by atoms with van der Waals surface area (Å²) >= 11 is 0. The molecule has 1 aromatic carbocycles. The van der Waals surface area contributed by atoms with Crippen LogP contribution < -0.4 is 9.64 Å². The average molecular weight is 292 g/mol. The molecule has 1 aliphatic rings. The number of para-hydroxylation sites is 2. The highest BCUT2D eigenvalue weighted by Gasteiger charge is 2.38. The van der Waals surface area contributed by atoms with Crippen molar-refractivity contribution >= 4 is 17.7 Å². The lowest BCUT2D eigenvalue weighted by Gasteiger charge is -2.35. The number of likely N-dealkylation sites (N-methyl/N-ethyl adjacent to an activating group) is 1. The zero-order chi connectivity index (χ0) is 15.6. The van der Waals surface area contributed by atoms with E-state index in [1.54, 1.807) is 11.0 Å². The van der Waals surface area contributed by atoms with Gasteiger partial charge < -0.3 is 14.7 Å². The molecule has 0 atom stereocenters. The van der Waals surface area contributed by atoms with Gasteiger partial charge >= 0.3 is 12.0 Å². The Morgan fingerprint density at radius 3 is 2.67 bits per heavy atom. The predicted molar refractivity (Wildman–Crippen MR) is 78.8 cm³/mol. The topological polar surface area (TPSA) is 70.1 Å². The maximum atomic E-state index is 12.7. The van der Waals surface area contributed by atoms with Crippen LogP contribution in [0.5, 0.6) is 5.75 Å². The lowest BCUT2D eigenvalue weighted by Crippen LogP contribution is -2.55. The van der Waals surface area contributed by atoms with Crippen molar-refractivity contribution in [2.75, 3.05) is 25.1 Å². The Balaban J connectivity index is 2.33. The molecule has 0 bridgehead atoms. The zero-order valence-corrected chi connectivity index (χ0v) is 12.5. The summed E-state index contributed by atoms with van der Waals surface area (Å²) < 4.78 is 5.61. The number of aliphatic carboxylic acids is 1. The van der Waals surface area contributed by atoms with E-state index in [1.807, 2.05) is 18.2 Å². The first-order chi connectivity index (χ1) is 9.85. The van der Waals surface area contributed by atoms with Crippen LogP contribution in [0, 0.1) is 0 Å². The number of hydrogen-bond acceptors (Lipinski definition) is 3. The molecule has 21 heavy (non-hydrogen) atoms. The molecule has 0 aliphatic carbocycles. The van der Waals surface area contributed by atoms with Gasteiger partial charge in [0.15, 0.2) is 0 Å². The monoisotopic (exact) mass is 292 g/mol. The fourth-order valence-electron chi connectivity index (χ4n) is 2.09. The summed E-state index contributed by atoms with van der Waals surface area (Å²) in [7, 11) is 1.50. The summed E-state index contributed by atoms with van der Waals surface area (Å²) in [5.41, 5.74) is -0.604. The molecule has 0 saturated carbocycles. The SMILES string of the molecule is CN(C(=O)N1CCCOc2ccccc21)C(C)(C)C(=O)O. The van der Waals surface area contributed by atoms with Crippen molar-refractivity contribution in [3.05, 3.63) is 24.3 Å². The second kappa shape index (κ2) is 5.63. The van der Waals surface area contributed by atoms with E-state index in [-0.39, 0.29) is 6.03 Å². The van der Waals surface area contributed by atoms with E-state index in [0.29, 0.717) is 31.0 Å². The van der Waals surface area contributed by atoms with Crippen LogP contribution in [0.25, 0.3) is 0 Å². The first-order valence-corrected chi connectivity index (χ1v) is 6.86. The van der Waals surface area contributed by atoms with Gasteiger partial charge in [-0.2, -0.15) is 0 Å². The van der Waals surface area contributed by atoms with Crippen LogP contribution in [0.3, 0.4) is 0 Å². The van der Waals surface area contributed by atoms with Crippen LogP contribution in [-0.4, -0.2) is 47.7 Å². The summed E-state index contributed by atoms with van der Waals surface area (Å²) in [6, 6.07) is 6.94. The van der Waals surface area contributed by atoms with Crippen LogP contribution >= 0.6 is 0 Å². The Hall–Kier alpha value is -2.24. The number of anilines is 1. The first kappa shape index (κ1) is 15.2. The number of carboxylic acid groups (broad SMARTS) is 1. The minimum atomic E-state index is -1.28. The van der Waals surface area contributed by atoms with Crippen LogP contribution in [0.4, 0.5) is 10.5 Å². The van der Waals surface area contributed by atoms with Crippen molar-refractivity contribution in [2.45, 2.75) is 25.8 Å². The Bertz CT molecular complexity index is 556. The van der Waals surface area contributed by atoms with E-state index in [2.05, 4.69) is 0 Å². The van der Waals surface area contributed by atoms with Crippen molar-refractivity contribution in [3.8, 4) is 5.75 Å². The second-order valence-corrected chi connectivity index (χ2v) is 5.53. The van der Waals surface area contributed by atoms with E-state index in [4.69, 9.17) is 4.74 Å². The van der Waals surface area contributed by atoms with Crippen LogP contribution in [0.2, 0.25) is 0 Å². The number of nitrogens with zero attached hydrogens (tertiary/aromatic N) is 2. The molecule has 0 unspecified atom stereocenters. The zero-order valence-electron chi connectivity index (χ0n) is 12.5. The highest BCUT2D eigenvalue weighted by atomic mass is 16.5. The molecule has 1 aliphatic heterocycles. The molecule has 0 aromatic heterocycles. The van der Waals surface area contributed by atoms with E-state index >= 15 is 0 Å². The minimum Gasteiger partial charge on any atom is -0.491 e. The number of carbonyl (C=O) groups excluding carboxylic acids is 1. The number of amides is 2. The van der Waals surface area contributed by atoms with E-state index < -0.39 is 11.5 Å². The molecule has 1 aromatic rings. The molecule has 2 rings (SSSR count). The number of hydrogen-bond donors (Lipinski definition) is 1. The quantitative estimate of drug-likeness (QED) is 0.907. The summed E-state index contributed by atoms with van der Waals surface area (Å²) in [5, 5.41) is 9.27. The van der Waals surface area contributed by atoms with Crippen LogP contribution in [-0.2, 0) is 4.79 Å². The van der Waals surface area contributed by atoms with Gasteiger partial charge in [-0.25, -0.2) is 9.59 Å². The van der Waals surface area contributed by atoms with Crippen molar-refractivity contribution in [1.29, 1.82) is 0 Å². The van der Waals surface area contributed by atoms with E-state index in [9.17, 15) is 14.7 Å². The summed E-state index contributed by atoms with van der Waals surface area (Å²) in [6.07, 6.45) is 0.696. The third-order valence-corrected chi connectivity index (χ3v) is 3.82. The molecule has 6 heteroatoms. The maximum Gasteiger partial charge on any atom is 0.329 e. The largest absolute Gasteiger partial charge is 0.491 e. The van der Waals surface area contributed by atoms with Gasteiger partial charge in [0.1, 0.15) is 11.3 Å². The van der Waals surface area contributed by atoms with Crippen molar-refractivity contribution in [3.63, 3.8) is 0 Å². The maximum absolute atomic E-state index is 12.7. The van der Waals surface area contributed by atoms with Gasteiger partial charge in [-0.1, -0.05) is 12.1 Å². The number of carboxylic acids is 1. The van der Waals surface area contributed by atoms with Gasteiger partial charge in [0.2, 0.25) is 0 Å². The second-order valence-electron chi connectivity index (χ2n) is 5.53. The summed E-state index contributed by atoms with van der Waals surface area (Å²) in [5.74, 6) is -0.400. The van der Waals surface area contributed by atoms with Gasteiger partial charge in [0.05, 0.1) is 12.3 Å². The Morgan fingerprint density at radius 2 is 2.00 bits per heavy atom. The molecule has 2 amide bonds. The Kier molecular flexibility index (Phi) is 4.06. The van der Waals surface area contributed by atoms with Gasteiger partial charge in [-0.15, -0.1) is 0 Å². The van der Waals surface area contributed by atoms with Crippen LogP contribution in [0.1, 0.15) is 20.3 Å². The lowest BCUT2D eigenvalue weighted by atomic mass is 10.0. The van der Waals surface area contributed by atoms with Crippen LogP contribution in [0.15, 0.2) is 24.3 Å². The first-order valence-electron chi connectivity index (χ1n) is 6.86. The number of benzene rings is 1. The number of fused-ring (bicyclic) bond motifs is 1. The molecular formula is C15H20N2O4. The average Bonchev–Trinajstić information content (AvgIpc) is 2.67. The normalized spacial score (nSPS) is 14.7. The van der Waals surface area contributed by atoms with Crippen molar-refractivity contribution < 1.29 is 19.4 Å². The van der Waals surface area contributed by atoms with Gasteiger partial charge in [0.25, 0.3) is 0 Å². The molecule has 6 nitrogen and oxygen atoms in total. The van der Waals surface area contributed by atoms with Gasteiger partial charge in [-0.3, -0.25) is 4.90 Å². The number of ether oxygens (including phenoxy) is 1. The molecule has 0 saturated heterocycles. The predicted octanol–water partition coefficient (Wildman–Crippen LogP) is 2.19. The third-order valence-electron chi connectivity index (χ3n) is 3.82. The summed E-state index contributed by atoms with van der Waals surface area (Å²) in [4.78, 5) is 26.8. The minimum absolute atomic E-state index is 0.347. The number of urea groups is 1. The Morgan fingerprint density at radius 1 is 1.33 bits per heavy atom. The molecule has 0 radical (unpaired) electrons. The van der Waals surface area contributed by atoms with Gasteiger partial charge in [-0.05, 0) is 32.4 Å². The number of rotatable bonds is 2. The third kappa shape index (κ3) is 2.79. The van der Waals surface area contributed by atoms with E-state index in [1.165, 1.54) is 25.8 Å². The highest BCUT2D eigenvalue weighted by molar-refractivity contribution is 5.96. The van der Waals surface area contributed by atoms with Crippen molar-refractivity contribution in [1.82, 2.24) is 4.90 Å². The molecule has 0 fully saturated rings. The highest BCUT2D eigenvalue weighted by Crippen LogP contribution is 2.31. The number of carbonyl (C=O) groups is 2. The summed E-state index contributed by atoms with van der Waals surface area (Å²) in [6.45, 7) is 4.05. The molecule has 114 valence electrons. The van der Waals surface area contributed by atoms with E-state index in [0.717, 1.165) is 0 Å². The fraction of sp³-hybridized carbons (Fsp3) is 0.467. The molecule has 1 N–H and O–H groups in total. The smallest absolute Gasteiger partial charge is 0.329 e. The Labute approximate surface area is 123 Å². The standard InChI is InChI=1S/C15H20N2O4/c1-15(2,13(18)19)16(3)14(20)17-9-6-10-21-12-8-5-4-7-11(12)17/h4-5,7-8H,6,9-10H2,1-3H3,(H,18,19). The fourth-order valence-corrected chi connectivity index (χ4v) is 2.09. The van der Waals surface area contributed by atoms with Gasteiger partial charge in [0, 0.05) is 13.6 Å². The molecule has 0 spiro atoms. The lowest BCUT2D eigenvalue weighted by molar-refractivity contribution is -0.146. The molecule has 1 heterocycles. The van der Waals surface area contributed by atoms with Crippen molar-refractivity contribution in [2.24, 2.45) is 0 Å².